The van der Waals surface area contributed by atoms with E-state index in [-0.39, 0.29) is 12.3 Å². The van der Waals surface area contributed by atoms with Gasteiger partial charge in [-0.25, -0.2) is 13.6 Å². The van der Waals surface area contributed by atoms with Crippen LogP contribution in [0.25, 0.3) is 0 Å². The van der Waals surface area contributed by atoms with Crippen LogP contribution in [0.3, 0.4) is 0 Å². The number of phenolic OH excluding ortho intramolecular Hbond substituents is 1. The highest BCUT2D eigenvalue weighted by molar-refractivity contribution is 6.30. The molecule has 8 heteroatoms. The predicted octanol–water partition coefficient (Wildman–Crippen LogP) is 3.30. The topological polar surface area (TPSA) is 70.6 Å². The molecule has 0 bridgehead atoms. The molecule has 3 N–H and O–H groups in total. The highest BCUT2D eigenvalue weighted by Crippen LogP contribution is 2.21. The lowest BCUT2D eigenvalue weighted by molar-refractivity contribution is -0.00379. The molecular weight excluding hydrogens is 330 g/mol. The maximum Gasteiger partial charge on any atom is 0.407 e. The van der Waals surface area contributed by atoms with Crippen LogP contribution in [0.5, 0.6) is 5.75 Å². The number of alkyl carbamates (subject to hydrolysis) is 1. The summed E-state index contributed by atoms with van der Waals surface area (Å²) in [4.78, 5) is 11.3. The normalized spacial score (nSPS) is 12.1. The first kappa shape index (κ1) is 19.4. The van der Waals surface area contributed by atoms with Crippen molar-refractivity contribution in [3.8, 4) is 5.75 Å². The Morgan fingerprint density at radius 1 is 1.30 bits per heavy atom. The van der Waals surface area contributed by atoms with Gasteiger partial charge in [-0.1, -0.05) is 11.6 Å². The summed E-state index contributed by atoms with van der Waals surface area (Å²) in [6.07, 6.45) is -0.898. The molecule has 0 fully saturated rings. The van der Waals surface area contributed by atoms with Crippen molar-refractivity contribution in [1.82, 2.24) is 10.6 Å². The molecule has 5 nitrogen and oxygen atoms in total. The summed E-state index contributed by atoms with van der Waals surface area (Å²) in [5, 5.41) is 14.5. The van der Waals surface area contributed by atoms with Crippen LogP contribution in [-0.2, 0) is 11.3 Å². The minimum Gasteiger partial charge on any atom is -0.508 e. The van der Waals surface area contributed by atoms with Gasteiger partial charge in [-0.05, 0) is 39.0 Å². The molecule has 0 spiro atoms. The Bertz CT molecular complexity index is 548. The van der Waals surface area contributed by atoms with E-state index >= 15 is 0 Å². The molecule has 0 aliphatic carbocycles. The summed E-state index contributed by atoms with van der Waals surface area (Å²) in [6.45, 7) is 3.43. The molecule has 0 aliphatic rings. The number of nitrogens with one attached hydrogen (secondary N) is 2. The van der Waals surface area contributed by atoms with Crippen molar-refractivity contribution in [3.63, 3.8) is 0 Å². The van der Waals surface area contributed by atoms with Crippen molar-refractivity contribution in [2.45, 2.75) is 38.8 Å². The highest BCUT2D eigenvalue weighted by Gasteiger charge is 2.30. The minimum absolute atomic E-state index is 0.0222. The van der Waals surface area contributed by atoms with E-state index in [1.54, 1.807) is 20.8 Å². The number of hydrogen-bond acceptors (Lipinski definition) is 4. The van der Waals surface area contributed by atoms with Crippen LogP contribution >= 0.6 is 11.6 Å². The lowest BCUT2D eigenvalue weighted by Crippen LogP contribution is -2.44. The average Bonchev–Trinajstić information content (AvgIpc) is 2.39. The van der Waals surface area contributed by atoms with Crippen molar-refractivity contribution in [2.75, 3.05) is 13.1 Å². The summed E-state index contributed by atoms with van der Waals surface area (Å²) in [5.74, 6) is -3.19. The molecule has 0 saturated heterocycles. The van der Waals surface area contributed by atoms with E-state index in [1.807, 2.05) is 5.32 Å². The molecule has 0 aromatic heterocycles. The monoisotopic (exact) mass is 350 g/mol. The second-order valence-electron chi connectivity index (χ2n) is 6.09. The van der Waals surface area contributed by atoms with Crippen molar-refractivity contribution in [2.24, 2.45) is 0 Å². The first-order chi connectivity index (χ1) is 10.5. The van der Waals surface area contributed by atoms with Gasteiger partial charge in [0.25, 0.3) is 5.92 Å². The number of halogens is 3. The van der Waals surface area contributed by atoms with Crippen molar-refractivity contribution in [3.05, 3.63) is 28.8 Å². The fourth-order valence-corrected chi connectivity index (χ4v) is 1.85. The van der Waals surface area contributed by atoms with Gasteiger partial charge in [0.05, 0.1) is 13.1 Å². The fourth-order valence-electron chi connectivity index (χ4n) is 1.65. The predicted molar refractivity (Wildman–Crippen MR) is 84.0 cm³/mol. The van der Waals surface area contributed by atoms with Crippen LogP contribution in [0.1, 0.15) is 26.3 Å². The molecule has 1 amide bonds. The quantitative estimate of drug-likeness (QED) is 0.736. The number of phenols is 1. The third kappa shape index (κ3) is 7.99. The number of rotatable bonds is 6. The smallest absolute Gasteiger partial charge is 0.407 e. The second-order valence-corrected chi connectivity index (χ2v) is 6.52. The molecule has 0 saturated carbocycles. The zero-order valence-corrected chi connectivity index (χ0v) is 14.0. The van der Waals surface area contributed by atoms with Crippen LogP contribution in [0.15, 0.2) is 18.2 Å². The van der Waals surface area contributed by atoms with Gasteiger partial charge in [0.2, 0.25) is 0 Å². The molecule has 0 aliphatic heterocycles. The summed E-state index contributed by atoms with van der Waals surface area (Å²) in [6, 6.07) is 4.38. The van der Waals surface area contributed by atoms with E-state index in [0.717, 1.165) is 0 Å². The van der Waals surface area contributed by atoms with Gasteiger partial charge in [0, 0.05) is 17.1 Å². The lowest BCUT2D eigenvalue weighted by atomic mass is 10.2. The van der Waals surface area contributed by atoms with Gasteiger partial charge in [0.1, 0.15) is 11.4 Å². The number of amides is 1. The molecule has 23 heavy (non-hydrogen) atoms. The van der Waals surface area contributed by atoms with E-state index < -0.39 is 30.7 Å². The molecule has 1 rings (SSSR count). The average molecular weight is 351 g/mol. The highest BCUT2D eigenvalue weighted by atomic mass is 35.5. The van der Waals surface area contributed by atoms with Crippen LogP contribution in [-0.4, -0.2) is 35.8 Å². The summed E-state index contributed by atoms with van der Waals surface area (Å²) in [7, 11) is 0. The van der Waals surface area contributed by atoms with Gasteiger partial charge < -0.3 is 20.5 Å². The van der Waals surface area contributed by atoms with E-state index in [4.69, 9.17) is 16.3 Å². The Balaban J connectivity index is 2.40. The van der Waals surface area contributed by atoms with Crippen LogP contribution in [0.4, 0.5) is 13.6 Å². The van der Waals surface area contributed by atoms with Gasteiger partial charge in [0.15, 0.2) is 0 Å². The standard InChI is InChI=1S/C15H21ClF2N2O3/c1-14(2,3)23-13(22)20-9-15(17,18)8-19-7-10-6-11(16)4-5-12(10)21/h4-6,19,21H,7-9H2,1-3H3,(H,20,22). The van der Waals surface area contributed by atoms with Gasteiger partial charge in [-0.2, -0.15) is 0 Å². The summed E-state index contributed by atoms with van der Waals surface area (Å²) >= 11 is 5.77. The van der Waals surface area contributed by atoms with Crippen molar-refractivity contribution in [1.29, 1.82) is 0 Å². The van der Waals surface area contributed by atoms with Gasteiger partial charge in [-0.3, -0.25) is 0 Å². The summed E-state index contributed by atoms with van der Waals surface area (Å²) in [5.41, 5.74) is -0.338. The Kier molecular flexibility index (Phi) is 6.58. The Morgan fingerprint density at radius 3 is 2.57 bits per heavy atom. The number of ether oxygens (including phenoxy) is 1. The minimum atomic E-state index is -3.16. The van der Waals surface area contributed by atoms with E-state index in [0.29, 0.717) is 10.6 Å². The zero-order valence-electron chi connectivity index (χ0n) is 13.3. The first-order valence-electron chi connectivity index (χ1n) is 7.01. The molecule has 1 aromatic rings. The Hall–Kier alpha value is -1.60. The van der Waals surface area contributed by atoms with Gasteiger partial charge in [-0.15, -0.1) is 0 Å². The second kappa shape index (κ2) is 7.79. The molecule has 0 radical (unpaired) electrons. The number of carbonyl (C=O) groups is 1. The van der Waals surface area contributed by atoms with Crippen molar-refractivity contribution >= 4 is 17.7 Å². The van der Waals surface area contributed by atoms with Gasteiger partial charge >= 0.3 is 6.09 Å². The molecule has 0 unspecified atom stereocenters. The maximum atomic E-state index is 13.7. The molecule has 1 aromatic carbocycles. The number of hydrogen-bond donors (Lipinski definition) is 3. The largest absolute Gasteiger partial charge is 0.508 e. The number of benzene rings is 1. The zero-order chi connectivity index (χ0) is 17.7. The lowest BCUT2D eigenvalue weighted by Gasteiger charge is -2.22. The molecule has 130 valence electrons. The third-order valence-electron chi connectivity index (χ3n) is 2.63. The summed E-state index contributed by atoms with van der Waals surface area (Å²) < 4.78 is 32.2. The SMILES string of the molecule is CC(C)(C)OC(=O)NCC(F)(F)CNCc1cc(Cl)ccc1O. The van der Waals surface area contributed by atoms with Crippen molar-refractivity contribution < 1.29 is 23.4 Å². The third-order valence-corrected chi connectivity index (χ3v) is 2.87. The van der Waals surface area contributed by atoms with E-state index in [1.165, 1.54) is 18.2 Å². The van der Waals surface area contributed by atoms with Crippen LogP contribution < -0.4 is 10.6 Å². The molecule has 0 atom stereocenters. The first-order valence-corrected chi connectivity index (χ1v) is 7.39. The Labute approximate surface area is 139 Å². The van der Waals surface area contributed by atoms with E-state index in [9.17, 15) is 18.7 Å². The fraction of sp³-hybridized carbons (Fsp3) is 0.533. The molecular formula is C15H21ClF2N2O3. The van der Waals surface area contributed by atoms with Crippen LogP contribution in [0, 0.1) is 0 Å². The number of alkyl halides is 2. The van der Waals surface area contributed by atoms with Crippen LogP contribution in [0.2, 0.25) is 5.02 Å². The maximum absolute atomic E-state index is 13.7. The number of aromatic hydroxyl groups is 1. The number of carbonyl (C=O) groups excluding carboxylic acids is 1. The molecule has 0 heterocycles. The Morgan fingerprint density at radius 2 is 1.96 bits per heavy atom. The van der Waals surface area contributed by atoms with E-state index in [2.05, 4.69) is 5.32 Å².